The summed E-state index contributed by atoms with van der Waals surface area (Å²) in [5, 5.41) is 3.85. The Hall–Kier alpha value is -3.91. The number of aryl methyl sites for hydroxylation is 2. The minimum absolute atomic E-state index is 0.982. The molecule has 0 fully saturated rings. The van der Waals surface area contributed by atoms with E-state index in [9.17, 15) is 0 Å². The number of fused-ring (bicyclic) bond motifs is 14. The first kappa shape index (κ1) is 17.6. The van der Waals surface area contributed by atoms with E-state index in [1.807, 2.05) is 0 Å². The largest absolute Gasteiger partial charge is 0.296 e. The van der Waals surface area contributed by atoms with E-state index in [0.717, 1.165) is 24.2 Å². The van der Waals surface area contributed by atoms with Gasteiger partial charge in [-0.3, -0.25) is 4.40 Å². The van der Waals surface area contributed by atoms with Crippen LogP contribution in [0, 0.1) is 13.8 Å². The summed E-state index contributed by atoms with van der Waals surface area (Å²) >= 11 is 0. The summed E-state index contributed by atoms with van der Waals surface area (Å²) in [7, 11) is 0. The molecule has 2 heterocycles. The van der Waals surface area contributed by atoms with Crippen LogP contribution < -0.4 is 0 Å². The second-order valence-electron chi connectivity index (χ2n) is 9.61. The van der Waals surface area contributed by atoms with Crippen molar-refractivity contribution in [2.24, 2.45) is 0 Å². The van der Waals surface area contributed by atoms with E-state index in [2.05, 4.69) is 91.0 Å². The van der Waals surface area contributed by atoms with E-state index in [1.54, 1.807) is 0 Å². The van der Waals surface area contributed by atoms with Gasteiger partial charge in [-0.25, -0.2) is 4.98 Å². The predicted molar refractivity (Wildman–Crippen MR) is 136 cm³/mol. The van der Waals surface area contributed by atoms with Gasteiger partial charge >= 0.3 is 0 Å². The zero-order valence-corrected chi connectivity index (χ0v) is 18.7. The molecule has 0 unspecified atom stereocenters. The molecule has 0 N–H and O–H groups in total. The third-order valence-electron chi connectivity index (χ3n) is 8.02. The van der Waals surface area contributed by atoms with Gasteiger partial charge in [-0.15, -0.1) is 0 Å². The van der Waals surface area contributed by atoms with E-state index < -0.39 is 0 Å². The van der Waals surface area contributed by atoms with Crippen molar-refractivity contribution in [3.05, 3.63) is 106 Å². The lowest BCUT2D eigenvalue weighted by Gasteiger charge is -2.14. The summed E-state index contributed by atoms with van der Waals surface area (Å²) in [5.74, 6) is 0. The monoisotopic (exact) mass is 422 g/mol. The fourth-order valence-electron chi connectivity index (χ4n) is 6.43. The lowest BCUT2D eigenvalue weighted by atomic mass is 9.94. The molecule has 2 aliphatic carbocycles. The van der Waals surface area contributed by atoms with Crippen LogP contribution in [0.25, 0.3) is 49.6 Å². The van der Waals surface area contributed by atoms with Crippen molar-refractivity contribution in [3.63, 3.8) is 0 Å². The minimum Gasteiger partial charge on any atom is -0.296 e. The maximum atomic E-state index is 5.01. The van der Waals surface area contributed by atoms with Gasteiger partial charge in [0.15, 0.2) is 0 Å². The van der Waals surface area contributed by atoms with Gasteiger partial charge < -0.3 is 0 Å². The van der Waals surface area contributed by atoms with Crippen molar-refractivity contribution >= 4 is 27.3 Å². The van der Waals surface area contributed by atoms with Crippen LogP contribution >= 0.6 is 0 Å². The molecule has 0 bridgehead atoms. The molecule has 0 spiro atoms. The van der Waals surface area contributed by atoms with E-state index >= 15 is 0 Å². The van der Waals surface area contributed by atoms with E-state index in [-0.39, 0.29) is 0 Å². The van der Waals surface area contributed by atoms with Crippen molar-refractivity contribution in [1.82, 2.24) is 9.38 Å². The van der Waals surface area contributed by atoms with Crippen LogP contribution in [0.2, 0.25) is 0 Å². The highest BCUT2D eigenvalue weighted by atomic mass is 15.0. The number of rotatable bonds is 0. The number of imidazole rings is 1. The zero-order valence-electron chi connectivity index (χ0n) is 18.7. The van der Waals surface area contributed by atoms with E-state index in [0.29, 0.717) is 0 Å². The summed E-state index contributed by atoms with van der Waals surface area (Å²) in [6.45, 7) is 4.34. The number of benzene rings is 4. The molecule has 2 aromatic heterocycles. The number of hydrogen-bond acceptors (Lipinski definition) is 1. The molecule has 4 aromatic carbocycles. The van der Waals surface area contributed by atoms with Crippen LogP contribution in [0.4, 0.5) is 0 Å². The van der Waals surface area contributed by atoms with Gasteiger partial charge in [-0.05, 0) is 70.2 Å². The Morgan fingerprint density at radius 3 is 2.30 bits per heavy atom. The van der Waals surface area contributed by atoms with Gasteiger partial charge in [0.2, 0.25) is 0 Å². The second-order valence-corrected chi connectivity index (χ2v) is 9.61. The van der Waals surface area contributed by atoms with Gasteiger partial charge in [0.1, 0.15) is 5.65 Å². The Morgan fingerprint density at radius 1 is 0.636 bits per heavy atom. The molecule has 8 rings (SSSR count). The molecule has 6 aromatic rings. The predicted octanol–water partition coefficient (Wildman–Crippen LogP) is 7.40. The molecule has 0 atom stereocenters. The Kier molecular flexibility index (Phi) is 3.15. The van der Waals surface area contributed by atoms with Crippen molar-refractivity contribution in [1.29, 1.82) is 0 Å². The first-order valence-electron chi connectivity index (χ1n) is 11.8. The smallest absolute Gasteiger partial charge is 0.145 e. The molecule has 0 radical (unpaired) electrons. The topological polar surface area (TPSA) is 17.3 Å². The number of aromatic nitrogens is 2. The van der Waals surface area contributed by atoms with Crippen LogP contribution in [-0.4, -0.2) is 9.38 Å². The van der Waals surface area contributed by atoms with E-state index in [1.165, 1.54) is 71.9 Å². The van der Waals surface area contributed by atoms with Crippen LogP contribution in [0.1, 0.15) is 33.6 Å². The van der Waals surface area contributed by atoms with E-state index in [4.69, 9.17) is 4.98 Å². The second kappa shape index (κ2) is 5.90. The summed E-state index contributed by atoms with van der Waals surface area (Å²) in [5.41, 5.74) is 16.3. The van der Waals surface area contributed by atoms with Gasteiger partial charge in [0.05, 0.1) is 11.2 Å². The molecule has 2 nitrogen and oxygen atoms in total. The fraction of sp³-hybridized carbons (Fsp3) is 0.129. The molecule has 0 aliphatic heterocycles. The number of nitrogens with zero attached hydrogens (tertiary/aromatic N) is 2. The Morgan fingerprint density at radius 2 is 1.39 bits per heavy atom. The normalized spacial score (nSPS) is 13.5. The average Bonchev–Trinajstić information content (AvgIpc) is 3.50. The lowest BCUT2D eigenvalue weighted by Crippen LogP contribution is -1.97. The molecular formula is C31H22N2. The summed E-state index contributed by atoms with van der Waals surface area (Å²) in [4.78, 5) is 5.01. The highest BCUT2D eigenvalue weighted by Crippen LogP contribution is 2.49. The first-order chi connectivity index (χ1) is 16.2. The van der Waals surface area contributed by atoms with Gasteiger partial charge in [-0.1, -0.05) is 72.8 Å². The van der Waals surface area contributed by atoms with Crippen molar-refractivity contribution in [2.75, 3.05) is 0 Å². The van der Waals surface area contributed by atoms with Crippen LogP contribution in [0.5, 0.6) is 0 Å². The molecule has 33 heavy (non-hydrogen) atoms. The minimum atomic E-state index is 0.982. The summed E-state index contributed by atoms with van der Waals surface area (Å²) in [6, 6.07) is 27.1. The maximum absolute atomic E-state index is 5.01. The average molecular weight is 423 g/mol. The van der Waals surface area contributed by atoms with Gasteiger partial charge in [0, 0.05) is 22.9 Å². The quantitative estimate of drug-likeness (QED) is 0.233. The third kappa shape index (κ3) is 2.07. The van der Waals surface area contributed by atoms with Crippen LogP contribution in [0.15, 0.2) is 72.8 Å². The number of pyridine rings is 1. The first-order valence-corrected chi connectivity index (χ1v) is 11.8. The molecule has 0 saturated heterocycles. The lowest BCUT2D eigenvalue weighted by molar-refractivity contribution is 1.13. The summed E-state index contributed by atoms with van der Waals surface area (Å²) < 4.78 is 2.42. The van der Waals surface area contributed by atoms with Gasteiger partial charge in [-0.2, -0.15) is 0 Å². The SMILES string of the molecule is Cc1nc2c3ccccc3c3ccc4c(c3n2c1C)Cc1ccc2c(c1-4)Cc1ccccc1-2. The summed E-state index contributed by atoms with van der Waals surface area (Å²) in [6.07, 6.45) is 2.01. The molecule has 2 heteroatoms. The zero-order chi connectivity index (χ0) is 21.8. The third-order valence-corrected chi connectivity index (χ3v) is 8.02. The fourth-order valence-corrected chi connectivity index (χ4v) is 6.43. The Balaban J connectivity index is 1.52. The van der Waals surface area contributed by atoms with Crippen molar-refractivity contribution in [3.8, 4) is 22.3 Å². The van der Waals surface area contributed by atoms with Crippen LogP contribution in [0.3, 0.4) is 0 Å². The highest BCUT2D eigenvalue weighted by Gasteiger charge is 2.30. The van der Waals surface area contributed by atoms with Crippen molar-refractivity contribution < 1.29 is 0 Å². The highest BCUT2D eigenvalue weighted by molar-refractivity contribution is 6.14. The molecule has 156 valence electrons. The Labute approximate surface area is 192 Å². The standard InChI is InChI=1S/C31H22N2/c1-17-18(2)33-30-25(22-9-5-6-10-26(22)31(33)32-17)14-13-24-28(30)16-20-11-12-23-21-8-4-3-7-19(21)15-27(23)29(20)24/h3-14H,15-16H2,1-2H3. The maximum Gasteiger partial charge on any atom is 0.145 e. The van der Waals surface area contributed by atoms with Crippen molar-refractivity contribution in [2.45, 2.75) is 26.7 Å². The molecule has 2 aliphatic rings. The van der Waals surface area contributed by atoms with Gasteiger partial charge in [0.25, 0.3) is 0 Å². The molecule has 0 amide bonds. The number of hydrogen-bond donors (Lipinski definition) is 0. The van der Waals surface area contributed by atoms with Crippen LogP contribution in [-0.2, 0) is 12.8 Å². The Bertz CT molecular complexity index is 1830. The molecular weight excluding hydrogens is 400 g/mol. The molecule has 0 saturated carbocycles.